The van der Waals surface area contributed by atoms with Crippen LogP contribution in [0.1, 0.15) is 22.8 Å². The van der Waals surface area contributed by atoms with Gasteiger partial charge in [-0.05, 0) is 49.4 Å². The van der Waals surface area contributed by atoms with Crippen molar-refractivity contribution in [1.82, 2.24) is 4.98 Å². The van der Waals surface area contributed by atoms with E-state index in [0.29, 0.717) is 66.4 Å². The minimum atomic E-state index is -0.352. The van der Waals surface area contributed by atoms with Gasteiger partial charge in [-0.25, -0.2) is 4.39 Å². The number of benzene rings is 2. The minimum Gasteiger partial charge on any atom is -0.494 e. The maximum absolute atomic E-state index is 14.0. The third-order valence-electron chi connectivity index (χ3n) is 4.80. The van der Waals surface area contributed by atoms with Crippen LogP contribution in [0.15, 0.2) is 48.7 Å². The molecule has 2 heterocycles. The predicted molar refractivity (Wildman–Crippen MR) is 113 cm³/mol. The largest absolute Gasteiger partial charge is 0.494 e. The number of anilines is 1. The second-order valence-electron chi connectivity index (χ2n) is 6.57. The number of fused-ring (bicyclic) bond motifs is 1. The van der Waals surface area contributed by atoms with E-state index in [9.17, 15) is 9.18 Å². The SMILES string of the molecule is CCOc1ccc(C(=O)c2cnc3ccc(F)cc3c2N2CCOCC2)cc1.Cl. The van der Waals surface area contributed by atoms with Crippen LogP contribution in [0.3, 0.4) is 0 Å². The van der Waals surface area contributed by atoms with E-state index in [1.807, 2.05) is 6.92 Å². The normalized spacial score (nSPS) is 13.8. The average molecular weight is 417 g/mol. The number of rotatable bonds is 5. The Morgan fingerprint density at radius 1 is 1.17 bits per heavy atom. The molecule has 0 aliphatic carbocycles. The average Bonchev–Trinajstić information content (AvgIpc) is 2.74. The Labute approximate surface area is 174 Å². The molecule has 0 radical (unpaired) electrons. The highest BCUT2D eigenvalue weighted by atomic mass is 35.5. The Kier molecular flexibility index (Phi) is 6.67. The van der Waals surface area contributed by atoms with Gasteiger partial charge in [0, 0.05) is 30.2 Å². The fourth-order valence-electron chi connectivity index (χ4n) is 3.47. The number of morpholine rings is 1. The van der Waals surface area contributed by atoms with Gasteiger partial charge in [-0.3, -0.25) is 9.78 Å². The van der Waals surface area contributed by atoms with Crippen LogP contribution in [0, 0.1) is 5.82 Å². The number of carbonyl (C=O) groups is 1. The molecule has 0 spiro atoms. The predicted octanol–water partition coefficient (Wildman–Crippen LogP) is 4.26. The summed E-state index contributed by atoms with van der Waals surface area (Å²) in [5, 5.41) is 0.638. The van der Waals surface area contributed by atoms with Gasteiger partial charge in [-0.1, -0.05) is 0 Å². The third kappa shape index (κ3) is 4.33. The summed E-state index contributed by atoms with van der Waals surface area (Å²) in [5.74, 6) is 0.212. The molecule has 0 saturated carbocycles. The lowest BCUT2D eigenvalue weighted by molar-refractivity contribution is 0.103. The Bertz CT molecular complexity index is 1000. The molecule has 1 aliphatic rings. The molecule has 5 nitrogen and oxygen atoms in total. The summed E-state index contributed by atoms with van der Waals surface area (Å²) >= 11 is 0. The number of hydrogen-bond acceptors (Lipinski definition) is 5. The molecule has 1 saturated heterocycles. The van der Waals surface area contributed by atoms with Crippen molar-refractivity contribution in [3.63, 3.8) is 0 Å². The molecule has 1 aliphatic heterocycles. The smallest absolute Gasteiger partial charge is 0.196 e. The van der Waals surface area contributed by atoms with E-state index >= 15 is 0 Å². The summed E-state index contributed by atoms with van der Waals surface area (Å²) in [6, 6.07) is 11.5. The number of hydrogen-bond donors (Lipinski definition) is 0. The van der Waals surface area contributed by atoms with Crippen molar-refractivity contribution in [3.05, 3.63) is 65.6 Å². The lowest BCUT2D eigenvalue weighted by atomic mass is 9.99. The molecule has 1 aromatic heterocycles. The van der Waals surface area contributed by atoms with Crippen LogP contribution < -0.4 is 9.64 Å². The van der Waals surface area contributed by atoms with Crippen molar-refractivity contribution in [2.24, 2.45) is 0 Å². The monoisotopic (exact) mass is 416 g/mol. The van der Waals surface area contributed by atoms with Gasteiger partial charge in [-0.2, -0.15) is 0 Å². The maximum atomic E-state index is 14.0. The van der Waals surface area contributed by atoms with E-state index in [4.69, 9.17) is 9.47 Å². The molecule has 4 rings (SSSR count). The molecule has 152 valence electrons. The number of ether oxygens (including phenoxy) is 2. The summed E-state index contributed by atoms with van der Waals surface area (Å²) in [6.07, 6.45) is 1.59. The van der Waals surface area contributed by atoms with Gasteiger partial charge < -0.3 is 14.4 Å². The number of ketones is 1. The summed E-state index contributed by atoms with van der Waals surface area (Å²) in [7, 11) is 0. The minimum absolute atomic E-state index is 0. The molecule has 0 amide bonds. The molecular formula is C22H22ClFN2O3. The highest BCUT2D eigenvalue weighted by molar-refractivity contribution is 6.16. The van der Waals surface area contributed by atoms with E-state index in [2.05, 4.69) is 9.88 Å². The maximum Gasteiger partial charge on any atom is 0.196 e. The van der Waals surface area contributed by atoms with Gasteiger partial charge in [0.05, 0.1) is 36.6 Å². The third-order valence-corrected chi connectivity index (χ3v) is 4.80. The molecule has 0 bridgehead atoms. The van der Waals surface area contributed by atoms with Gasteiger partial charge >= 0.3 is 0 Å². The van der Waals surface area contributed by atoms with E-state index in [0.717, 1.165) is 0 Å². The fraction of sp³-hybridized carbons (Fsp3) is 0.273. The van der Waals surface area contributed by atoms with Crippen LogP contribution in [0.5, 0.6) is 5.75 Å². The quantitative estimate of drug-likeness (QED) is 0.581. The lowest BCUT2D eigenvalue weighted by Crippen LogP contribution is -2.37. The Morgan fingerprint density at radius 2 is 1.90 bits per heavy atom. The number of halogens is 2. The van der Waals surface area contributed by atoms with Crippen LogP contribution in [0.25, 0.3) is 10.9 Å². The topological polar surface area (TPSA) is 51.7 Å². The Hall–Kier alpha value is -2.70. The van der Waals surface area contributed by atoms with E-state index in [1.54, 1.807) is 36.5 Å². The van der Waals surface area contributed by atoms with Crippen molar-refractivity contribution in [2.75, 3.05) is 37.8 Å². The van der Waals surface area contributed by atoms with Gasteiger partial charge in [0.25, 0.3) is 0 Å². The van der Waals surface area contributed by atoms with Gasteiger partial charge in [-0.15, -0.1) is 12.4 Å². The number of carbonyl (C=O) groups excluding carboxylic acids is 1. The molecule has 2 aromatic carbocycles. The zero-order valence-corrected chi connectivity index (χ0v) is 16.9. The highest BCUT2D eigenvalue weighted by Crippen LogP contribution is 2.32. The number of aromatic nitrogens is 1. The second kappa shape index (κ2) is 9.20. The zero-order valence-electron chi connectivity index (χ0n) is 16.1. The van der Waals surface area contributed by atoms with Crippen LogP contribution in [-0.2, 0) is 4.74 Å². The first-order valence-corrected chi connectivity index (χ1v) is 9.36. The van der Waals surface area contributed by atoms with Crippen molar-refractivity contribution in [3.8, 4) is 5.75 Å². The van der Waals surface area contributed by atoms with Gasteiger partial charge in [0.15, 0.2) is 5.78 Å². The fourth-order valence-corrected chi connectivity index (χ4v) is 3.47. The van der Waals surface area contributed by atoms with Crippen molar-refractivity contribution < 1.29 is 18.7 Å². The summed E-state index contributed by atoms with van der Waals surface area (Å²) in [4.78, 5) is 19.8. The first kappa shape index (κ1) is 21.0. The summed E-state index contributed by atoms with van der Waals surface area (Å²) in [6.45, 7) is 4.88. The van der Waals surface area contributed by atoms with Gasteiger partial charge in [0.2, 0.25) is 0 Å². The van der Waals surface area contributed by atoms with Crippen LogP contribution >= 0.6 is 12.4 Å². The van der Waals surface area contributed by atoms with Crippen LogP contribution in [0.4, 0.5) is 10.1 Å². The molecule has 0 atom stereocenters. The van der Waals surface area contributed by atoms with Crippen LogP contribution in [-0.4, -0.2) is 43.7 Å². The Balaban J connectivity index is 0.00000240. The van der Waals surface area contributed by atoms with Gasteiger partial charge in [0.1, 0.15) is 11.6 Å². The summed E-state index contributed by atoms with van der Waals surface area (Å²) in [5.41, 5.74) is 2.37. The molecule has 1 fully saturated rings. The molecule has 0 unspecified atom stereocenters. The lowest BCUT2D eigenvalue weighted by Gasteiger charge is -2.31. The first-order valence-electron chi connectivity index (χ1n) is 9.36. The second-order valence-corrected chi connectivity index (χ2v) is 6.57. The number of nitrogens with zero attached hydrogens (tertiary/aromatic N) is 2. The Morgan fingerprint density at radius 3 is 2.59 bits per heavy atom. The van der Waals surface area contributed by atoms with Crippen molar-refractivity contribution in [2.45, 2.75) is 6.92 Å². The van der Waals surface area contributed by atoms with E-state index in [-0.39, 0.29) is 24.0 Å². The van der Waals surface area contributed by atoms with Crippen molar-refractivity contribution >= 4 is 34.8 Å². The molecule has 29 heavy (non-hydrogen) atoms. The molecule has 0 N–H and O–H groups in total. The molecular weight excluding hydrogens is 395 g/mol. The van der Waals surface area contributed by atoms with E-state index in [1.165, 1.54) is 12.1 Å². The number of pyridine rings is 1. The summed E-state index contributed by atoms with van der Waals surface area (Å²) < 4.78 is 24.9. The zero-order chi connectivity index (χ0) is 19.5. The van der Waals surface area contributed by atoms with Crippen LogP contribution in [0.2, 0.25) is 0 Å². The standard InChI is InChI=1S/C22H21FN2O3.ClH/c1-2-28-17-6-3-15(4-7-17)22(26)19-14-24-20-8-5-16(23)13-18(20)21(19)25-9-11-27-12-10-25;/h3-8,13-14H,2,9-12H2,1H3;1H. The van der Waals surface area contributed by atoms with Crippen molar-refractivity contribution in [1.29, 1.82) is 0 Å². The molecule has 3 aromatic rings. The molecule has 7 heteroatoms. The highest BCUT2D eigenvalue weighted by Gasteiger charge is 2.23. The first-order chi connectivity index (χ1) is 13.7. The van der Waals surface area contributed by atoms with E-state index < -0.39 is 0 Å².